The molecule has 4 aromatic rings. The minimum absolute atomic E-state index is 0.0299. The normalized spacial score (nSPS) is 15.5. The molecule has 0 radical (unpaired) electrons. The number of hydrogen-bond donors (Lipinski definition) is 1. The molecule has 2 aliphatic rings. The highest BCUT2D eigenvalue weighted by Gasteiger charge is 2.26. The van der Waals surface area contributed by atoms with Crippen LogP contribution >= 0.6 is 0 Å². The molecule has 2 aromatic heterocycles. The number of anilines is 3. The van der Waals surface area contributed by atoms with Crippen molar-refractivity contribution in [3.05, 3.63) is 64.0 Å². The van der Waals surface area contributed by atoms with E-state index in [2.05, 4.69) is 58.1 Å². The minimum Gasteiger partial charge on any atom is -0.494 e. The zero-order chi connectivity index (χ0) is 27.1. The van der Waals surface area contributed by atoms with Crippen molar-refractivity contribution in [1.29, 1.82) is 0 Å². The first-order chi connectivity index (χ1) is 19.0. The van der Waals surface area contributed by atoms with Gasteiger partial charge in [-0.3, -0.25) is 10.1 Å². The Kier molecular flexibility index (Phi) is 6.56. The Morgan fingerprint density at radius 1 is 1.15 bits per heavy atom. The second-order valence-corrected chi connectivity index (χ2v) is 10.3. The predicted molar refractivity (Wildman–Crippen MR) is 153 cm³/mol. The van der Waals surface area contributed by atoms with Gasteiger partial charge in [-0.25, -0.2) is 9.97 Å². The van der Waals surface area contributed by atoms with E-state index in [1.165, 1.54) is 22.5 Å². The average Bonchev–Trinajstić information content (AvgIpc) is 3.33. The van der Waals surface area contributed by atoms with E-state index < -0.39 is 0 Å². The summed E-state index contributed by atoms with van der Waals surface area (Å²) in [6.45, 7) is 6.21. The zero-order valence-corrected chi connectivity index (χ0v) is 22.6. The SMILES string of the molecule is CCc1cnc(Nc2cc([N+](=O)[O-])c(N3CCN(C)CC3)cc2OC)nc1-c1cn2c3c(cccc13)CCC2. The number of nitro groups is 1. The number of benzene rings is 2. The van der Waals surface area contributed by atoms with E-state index in [4.69, 9.17) is 9.72 Å². The van der Waals surface area contributed by atoms with Crippen LogP contribution in [0.5, 0.6) is 5.75 Å². The summed E-state index contributed by atoms with van der Waals surface area (Å²) in [5.74, 6) is 0.875. The molecule has 0 bridgehead atoms. The van der Waals surface area contributed by atoms with Crippen molar-refractivity contribution in [1.82, 2.24) is 19.4 Å². The third-order valence-corrected chi connectivity index (χ3v) is 7.91. The molecule has 202 valence electrons. The highest BCUT2D eigenvalue weighted by molar-refractivity contribution is 5.98. The monoisotopic (exact) mass is 527 g/mol. The van der Waals surface area contributed by atoms with Gasteiger partial charge in [-0.2, -0.15) is 0 Å². The number of likely N-dealkylation sites (N-methyl/N-ethyl adjacent to an activating group) is 1. The molecule has 39 heavy (non-hydrogen) atoms. The van der Waals surface area contributed by atoms with E-state index in [1.54, 1.807) is 13.2 Å². The number of rotatable bonds is 7. The molecule has 1 fully saturated rings. The lowest BCUT2D eigenvalue weighted by Gasteiger charge is -2.34. The number of methoxy groups -OCH3 is 1. The highest BCUT2D eigenvalue weighted by atomic mass is 16.6. The number of ether oxygens (including phenoxy) is 1. The van der Waals surface area contributed by atoms with E-state index in [0.717, 1.165) is 55.7 Å². The third-order valence-electron chi connectivity index (χ3n) is 7.91. The number of aromatic nitrogens is 3. The lowest BCUT2D eigenvalue weighted by molar-refractivity contribution is -0.384. The fraction of sp³-hybridized carbons (Fsp3) is 0.379. The van der Waals surface area contributed by atoms with Crippen LogP contribution in [0, 0.1) is 10.1 Å². The largest absolute Gasteiger partial charge is 0.494 e. The number of aryl methyl sites for hydroxylation is 3. The molecule has 2 aromatic carbocycles. The summed E-state index contributed by atoms with van der Waals surface area (Å²) >= 11 is 0. The molecule has 0 atom stereocenters. The maximum Gasteiger partial charge on any atom is 0.294 e. The van der Waals surface area contributed by atoms with E-state index in [-0.39, 0.29) is 10.6 Å². The van der Waals surface area contributed by atoms with Gasteiger partial charge in [0.25, 0.3) is 5.69 Å². The molecule has 0 spiro atoms. The molecular formula is C29H33N7O3. The third kappa shape index (κ3) is 4.54. The summed E-state index contributed by atoms with van der Waals surface area (Å²) < 4.78 is 8.01. The smallest absolute Gasteiger partial charge is 0.294 e. The molecule has 10 nitrogen and oxygen atoms in total. The molecule has 10 heteroatoms. The molecule has 2 aliphatic heterocycles. The summed E-state index contributed by atoms with van der Waals surface area (Å²) in [5.41, 5.74) is 6.71. The van der Waals surface area contributed by atoms with Gasteiger partial charge >= 0.3 is 0 Å². The molecule has 0 unspecified atom stereocenters. The molecule has 1 saturated heterocycles. The standard InChI is InChI=1S/C29H33N7O3/c1-4-19-17-30-29(32-27(19)22-18-35-10-6-8-20-7-5-9-21(22)28(20)35)31-23-15-25(36(37)38)24(16-26(23)39-3)34-13-11-33(2)12-14-34/h5,7,9,15-18H,4,6,8,10-14H2,1-3H3,(H,30,31,32). The van der Waals surface area contributed by atoms with Crippen LogP contribution in [-0.2, 0) is 19.4 Å². The number of nitrogens with zero attached hydrogens (tertiary/aromatic N) is 6. The predicted octanol–water partition coefficient (Wildman–Crippen LogP) is 5.02. The lowest BCUT2D eigenvalue weighted by Crippen LogP contribution is -2.44. The van der Waals surface area contributed by atoms with Crippen LogP contribution < -0.4 is 15.0 Å². The van der Waals surface area contributed by atoms with Crippen molar-refractivity contribution in [2.24, 2.45) is 0 Å². The number of hydrogen-bond acceptors (Lipinski definition) is 8. The van der Waals surface area contributed by atoms with Crippen molar-refractivity contribution in [2.75, 3.05) is 50.6 Å². The fourth-order valence-electron chi connectivity index (χ4n) is 5.79. The zero-order valence-electron chi connectivity index (χ0n) is 22.6. The topological polar surface area (TPSA) is 102 Å². The van der Waals surface area contributed by atoms with Gasteiger partial charge in [0, 0.05) is 68.2 Å². The Labute approximate surface area is 227 Å². The van der Waals surface area contributed by atoms with Crippen LogP contribution in [0.4, 0.5) is 23.0 Å². The van der Waals surface area contributed by atoms with Crippen molar-refractivity contribution >= 4 is 33.9 Å². The molecule has 6 rings (SSSR count). The summed E-state index contributed by atoms with van der Waals surface area (Å²) in [6.07, 6.45) is 7.04. The van der Waals surface area contributed by atoms with Crippen LogP contribution in [0.25, 0.3) is 22.2 Å². The Bertz CT molecular complexity index is 1560. The Balaban J connectivity index is 1.40. The number of para-hydroxylation sites is 1. The maximum atomic E-state index is 12.1. The fourth-order valence-corrected chi connectivity index (χ4v) is 5.79. The van der Waals surface area contributed by atoms with Crippen LogP contribution in [0.15, 0.2) is 42.7 Å². The number of piperazine rings is 1. The van der Waals surface area contributed by atoms with E-state index in [0.29, 0.717) is 36.2 Å². The van der Waals surface area contributed by atoms with Gasteiger partial charge in [-0.1, -0.05) is 25.1 Å². The van der Waals surface area contributed by atoms with Gasteiger partial charge in [0.1, 0.15) is 11.4 Å². The van der Waals surface area contributed by atoms with Gasteiger partial charge < -0.3 is 24.4 Å². The lowest BCUT2D eigenvalue weighted by atomic mass is 10.0. The van der Waals surface area contributed by atoms with Crippen molar-refractivity contribution in [3.8, 4) is 17.0 Å². The van der Waals surface area contributed by atoms with Crippen molar-refractivity contribution in [2.45, 2.75) is 32.7 Å². The van der Waals surface area contributed by atoms with Crippen molar-refractivity contribution in [3.63, 3.8) is 0 Å². The summed E-state index contributed by atoms with van der Waals surface area (Å²) in [5, 5.41) is 16.5. The Hall–Kier alpha value is -4.18. The van der Waals surface area contributed by atoms with E-state index in [1.807, 2.05) is 11.1 Å². The van der Waals surface area contributed by atoms with Crippen LogP contribution in [0.3, 0.4) is 0 Å². The van der Waals surface area contributed by atoms with Gasteiger partial charge in [-0.05, 0) is 37.4 Å². The van der Waals surface area contributed by atoms with Crippen LogP contribution in [0.2, 0.25) is 0 Å². The summed E-state index contributed by atoms with van der Waals surface area (Å²) in [7, 11) is 3.63. The Morgan fingerprint density at radius 2 is 1.97 bits per heavy atom. The van der Waals surface area contributed by atoms with Crippen molar-refractivity contribution < 1.29 is 9.66 Å². The quantitative estimate of drug-likeness (QED) is 0.264. The molecule has 0 aliphatic carbocycles. The summed E-state index contributed by atoms with van der Waals surface area (Å²) in [6, 6.07) is 9.77. The number of nitrogens with one attached hydrogen (secondary N) is 1. The van der Waals surface area contributed by atoms with E-state index in [9.17, 15) is 10.1 Å². The second-order valence-electron chi connectivity index (χ2n) is 10.3. The maximum absolute atomic E-state index is 12.1. The molecule has 0 amide bonds. The first-order valence-corrected chi connectivity index (χ1v) is 13.5. The first kappa shape index (κ1) is 25.1. The van der Waals surface area contributed by atoms with Gasteiger partial charge in [0.15, 0.2) is 0 Å². The van der Waals surface area contributed by atoms with E-state index >= 15 is 0 Å². The first-order valence-electron chi connectivity index (χ1n) is 13.5. The number of nitro benzene ring substituents is 1. The van der Waals surface area contributed by atoms with Crippen LogP contribution in [-0.4, -0.2) is 64.7 Å². The molecule has 1 N–H and O–H groups in total. The van der Waals surface area contributed by atoms with Gasteiger partial charge in [0.05, 0.1) is 28.9 Å². The second kappa shape index (κ2) is 10.2. The Morgan fingerprint density at radius 3 is 2.72 bits per heavy atom. The average molecular weight is 528 g/mol. The molecule has 0 saturated carbocycles. The molecule has 4 heterocycles. The highest BCUT2D eigenvalue weighted by Crippen LogP contribution is 2.40. The molecular weight excluding hydrogens is 494 g/mol. The summed E-state index contributed by atoms with van der Waals surface area (Å²) in [4.78, 5) is 25.6. The van der Waals surface area contributed by atoms with Gasteiger partial charge in [-0.15, -0.1) is 0 Å². The minimum atomic E-state index is -0.335. The van der Waals surface area contributed by atoms with Gasteiger partial charge in [0.2, 0.25) is 5.95 Å². The van der Waals surface area contributed by atoms with Crippen LogP contribution in [0.1, 0.15) is 24.5 Å².